The molecule has 0 aliphatic rings. The van der Waals surface area contributed by atoms with Crippen LogP contribution in [0.4, 0.5) is 0 Å². The maximum atomic E-state index is 11.9. The molecule has 2 rings (SSSR count). The molecule has 0 unspecified atom stereocenters. The van der Waals surface area contributed by atoms with Crippen LogP contribution in [0.5, 0.6) is 0 Å². The van der Waals surface area contributed by atoms with Crippen LogP contribution in [-0.2, 0) is 11.3 Å². The smallest absolute Gasteiger partial charge is 0.226 e. The number of carbonyl (C=O) groups is 1. The van der Waals surface area contributed by atoms with Gasteiger partial charge in [0.05, 0.1) is 6.54 Å². The van der Waals surface area contributed by atoms with Gasteiger partial charge in [-0.05, 0) is 26.0 Å². The third kappa shape index (κ3) is 8.43. The van der Waals surface area contributed by atoms with Crippen LogP contribution in [0, 0.1) is 12.3 Å². The topological polar surface area (TPSA) is 91.6 Å². The number of hydrogen-bond acceptors (Lipinski definition) is 4. The molecule has 1 amide bonds. The quantitative estimate of drug-likeness (QED) is 0.228. The molecule has 1 aromatic heterocycles. The van der Waals surface area contributed by atoms with Gasteiger partial charge in [-0.1, -0.05) is 38.5 Å². The molecule has 8 heteroatoms. The Balaban J connectivity index is 0.00000420. The van der Waals surface area contributed by atoms with Crippen LogP contribution in [-0.4, -0.2) is 36.5 Å². The fraction of sp³-hybridized carbons (Fsp3) is 0.476. The van der Waals surface area contributed by atoms with Crippen molar-refractivity contribution >= 4 is 35.8 Å². The first-order chi connectivity index (χ1) is 13.3. The number of nitrogens with one attached hydrogen (secondary N) is 3. The number of amides is 1. The highest BCUT2D eigenvalue weighted by Gasteiger charge is 2.20. The summed E-state index contributed by atoms with van der Waals surface area (Å²) >= 11 is 0. The lowest BCUT2D eigenvalue weighted by Crippen LogP contribution is -2.43. The van der Waals surface area contributed by atoms with Crippen LogP contribution in [0.15, 0.2) is 39.9 Å². The van der Waals surface area contributed by atoms with E-state index in [0.29, 0.717) is 31.5 Å². The van der Waals surface area contributed by atoms with Gasteiger partial charge in [0.15, 0.2) is 5.96 Å². The second kappa shape index (κ2) is 11.8. The number of aromatic nitrogens is 1. The van der Waals surface area contributed by atoms with E-state index in [1.807, 2.05) is 58.9 Å². The van der Waals surface area contributed by atoms with Crippen molar-refractivity contribution in [3.8, 4) is 11.5 Å². The van der Waals surface area contributed by atoms with Gasteiger partial charge in [0, 0.05) is 30.6 Å². The maximum Gasteiger partial charge on any atom is 0.226 e. The Morgan fingerprint density at radius 2 is 1.76 bits per heavy atom. The van der Waals surface area contributed by atoms with E-state index in [-0.39, 0.29) is 35.3 Å². The Labute approximate surface area is 190 Å². The minimum absolute atomic E-state index is 0. The standard InChI is InChI=1S/C21H31N5O2.HI/c1-6-22-20(24-12-11-23-19(27)21(3,4)5)25-13-17-14-28-18(26-17)16-9-7-15(2)8-10-16;/h7-10,14H,6,11-13H2,1-5H3,(H,23,27)(H2,22,24,25);1H. The number of benzene rings is 1. The number of rotatable bonds is 7. The van der Waals surface area contributed by atoms with Crippen LogP contribution >= 0.6 is 24.0 Å². The largest absolute Gasteiger partial charge is 0.444 e. The molecule has 29 heavy (non-hydrogen) atoms. The van der Waals surface area contributed by atoms with Crippen molar-refractivity contribution in [2.45, 2.75) is 41.2 Å². The third-order valence-electron chi connectivity index (χ3n) is 3.98. The van der Waals surface area contributed by atoms with Gasteiger partial charge in [-0.25, -0.2) is 9.98 Å². The van der Waals surface area contributed by atoms with Crippen LogP contribution in [0.3, 0.4) is 0 Å². The Bertz CT molecular complexity index is 794. The molecule has 0 spiro atoms. The van der Waals surface area contributed by atoms with Gasteiger partial charge in [-0.2, -0.15) is 0 Å². The molecule has 0 saturated carbocycles. The molecule has 0 fully saturated rings. The predicted molar refractivity (Wildman–Crippen MR) is 127 cm³/mol. The molecule has 160 valence electrons. The van der Waals surface area contributed by atoms with Crippen LogP contribution in [0.2, 0.25) is 0 Å². The minimum Gasteiger partial charge on any atom is -0.444 e. The fourth-order valence-electron chi connectivity index (χ4n) is 2.33. The van der Waals surface area contributed by atoms with E-state index in [0.717, 1.165) is 17.8 Å². The highest BCUT2D eigenvalue weighted by atomic mass is 127. The minimum atomic E-state index is -0.388. The summed E-state index contributed by atoms with van der Waals surface area (Å²) in [5.41, 5.74) is 2.51. The second-order valence-electron chi connectivity index (χ2n) is 7.64. The molecule has 0 radical (unpaired) electrons. The van der Waals surface area contributed by atoms with Gasteiger partial charge in [-0.3, -0.25) is 4.79 Å². The van der Waals surface area contributed by atoms with Crippen molar-refractivity contribution in [3.63, 3.8) is 0 Å². The molecule has 1 heterocycles. The summed E-state index contributed by atoms with van der Waals surface area (Å²) in [4.78, 5) is 20.9. The number of carbonyl (C=O) groups excluding carboxylic acids is 1. The van der Waals surface area contributed by atoms with Crippen molar-refractivity contribution in [1.29, 1.82) is 0 Å². The summed E-state index contributed by atoms with van der Waals surface area (Å²) in [7, 11) is 0. The SMILES string of the molecule is CCNC(=NCc1coc(-c2ccc(C)cc2)n1)NCCNC(=O)C(C)(C)C.I. The number of aryl methyl sites for hydroxylation is 1. The second-order valence-corrected chi connectivity index (χ2v) is 7.64. The Morgan fingerprint density at radius 1 is 1.10 bits per heavy atom. The molecule has 2 aromatic rings. The first kappa shape index (κ1) is 24.9. The lowest BCUT2D eigenvalue weighted by molar-refractivity contribution is -0.128. The van der Waals surface area contributed by atoms with Crippen LogP contribution in [0.25, 0.3) is 11.5 Å². The van der Waals surface area contributed by atoms with Crippen LogP contribution in [0.1, 0.15) is 39.0 Å². The fourth-order valence-corrected chi connectivity index (χ4v) is 2.33. The summed E-state index contributed by atoms with van der Waals surface area (Å²) in [5.74, 6) is 1.29. The van der Waals surface area contributed by atoms with Gasteiger partial charge in [0.25, 0.3) is 0 Å². The number of guanidine groups is 1. The van der Waals surface area contributed by atoms with E-state index < -0.39 is 0 Å². The van der Waals surface area contributed by atoms with Crippen molar-refractivity contribution < 1.29 is 9.21 Å². The number of aliphatic imine (C=N–C) groups is 1. The van der Waals surface area contributed by atoms with E-state index >= 15 is 0 Å². The first-order valence-corrected chi connectivity index (χ1v) is 9.61. The van der Waals surface area contributed by atoms with Gasteiger partial charge in [0.1, 0.15) is 12.0 Å². The zero-order valence-corrected chi connectivity index (χ0v) is 20.2. The molecule has 0 aliphatic heterocycles. The van der Waals surface area contributed by atoms with Crippen molar-refractivity contribution in [2.24, 2.45) is 10.4 Å². The molecule has 3 N–H and O–H groups in total. The van der Waals surface area contributed by atoms with Crippen molar-refractivity contribution in [2.75, 3.05) is 19.6 Å². The van der Waals surface area contributed by atoms with E-state index in [4.69, 9.17) is 4.42 Å². The molecule has 0 bridgehead atoms. The molecule has 7 nitrogen and oxygen atoms in total. The van der Waals surface area contributed by atoms with Crippen molar-refractivity contribution in [3.05, 3.63) is 41.8 Å². The molecule has 0 aliphatic carbocycles. The van der Waals surface area contributed by atoms with Gasteiger partial charge in [-0.15, -0.1) is 24.0 Å². The summed E-state index contributed by atoms with van der Waals surface area (Å²) in [6, 6.07) is 8.05. The predicted octanol–water partition coefficient (Wildman–Crippen LogP) is 3.49. The number of hydrogen-bond donors (Lipinski definition) is 3. The Hall–Kier alpha value is -2.10. The lowest BCUT2D eigenvalue weighted by atomic mass is 9.96. The molecule has 0 atom stereocenters. The van der Waals surface area contributed by atoms with Gasteiger partial charge >= 0.3 is 0 Å². The highest BCUT2D eigenvalue weighted by molar-refractivity contribution is 14.0. The van der Waals surface area contributed by atoms with Crippen LogP contribution < -0.4 is 16.0 Å². The number of oxazole rings is 1. The third-order valence-corrected chi connectivity index (χ3v) is 3.98. The summed E-state index contributed by atoms with van der Waals surface area (Å²) < 4.78 is 5.57. The summed E-state index contributed by atoms with van der Waals surface area (Å²) in [6.07, 6.45) is 1.63. The first-order valence-electron chi connectivity index (χ1n) is 9.61. The zero-order valence-electron chi connectivity index (χ0n) is 17.8. The molecule has 1 aromatic carbocycles. The average Bonchev–Trinajstić information content (AvgIpc) is 3.11. The molecular weight excluding hydrogens is 481 g/mol. The maximum absolute atomic E-state index is 11.9. The van der Waals surface area contributed by atoms with Crippen molar-refractivity contribution in [1.82, 2.24) is 20.9 Å². The Kier molecular flexibility index (Phi) is 10.1. The molecular formula is C21H32IN5O2. The zero-order chi connectivity index (χ0) is 20.6. The lowest BCUT2D eigenvalue weighted by Gasteiger charge is -2.18. The van der Waals surface area contributed by atoms with E-state index in [9.17, 15) is 4.79 Å². The number of nitrogens with zero attached hydrogens (tertiary/aromatic N) is 2. The van der Waals surface area contributed by atoms with Gasteiger partial charge < -0.3 is 20.4 Å². The van der Waals surface area contributed by atoms with Gasteiger partial charge in [0.2, 0.25) is 11.8 Å². The molecule has 0 saturated heterocycles. The normalized spacial score (nSPS) is 11.6. The van der Waals surface area contributed by atoms with E-state index in [2.05, 4.69) is 25.9 Å². The Morgan fingerprint density at radius 3 is 2.38 bits per heavy atom. The summed E-state index contributed by atoms with van der Waals surface area (Å²) in [6.45, 7) is 12.0. The summed E-state index contributed by atoms with van der Waals surface area (Å²) in [5, 5.41) is 9.30. The highest BCUT2D eigenvalue weighted by Crippen LogP contribution is 2.19. The monoisotopic (exact) mass is 513 g/mol. The average molecular weight is 513 g/mol. The number of halogens is 1. The van der Waals surface area contributed by atoms with E-state index in [1.54, 1.807) is 6.26 Å². The van der Waals surface area contributed by atoms with E-state index in [1.165, 1.54) is 5.56 Å².